The number of nitrogens with one attached hydrogen (secondary N) is 2. The smallest absolute Gasteiger partial charge is 0.251 e. The first kappa shape index (κ1) is 18.9. The van der Waals surface area contributed by atoms with E-state index in [2.05, 4.69) is 15.6 Å². The zero-order valence-electron chi connectivity index (χ0n) is 15.7. The highest BCUT2D eigenvalue weighted by Crippen LogP contribution is 2.25. The summed E-state index contributed by atoms with van der Waals surface area (Å²) in [5.41, 5.74) is 2.51. The molecule has 0 saturated heterocycles. The molecule has 0 spiro atoms. The van der Waals surface area contributed by atoms with E-state index < -0.39 is 0 Å². The molecule has 2 aromatic carbocycles. The number of hydrogen-bond donors (Lipinski definition) is 2. The molecule has 0 aliphatic carbocycles. The second kappa shape index (κ2) is 8.70. The molecule has 2 aromatic heterocycles. The van der Waals surface area contributed by atoms with Crippen LogP contribution in [0.4, 0.5) is 0 Å². The van der Waals surface area contributed by atoms with Gasteiger partial charge < -0.3 is 15.2 Å². The number of rotatable bonds is 7. The topological polar surface area (TPSA) is 76.0 Å². The lowest BCUT2D eigenvalue weighted by Crippen LogP contribution is -2.37. The molecule has 0 aliphatic rings. The van der Waals surface area contributed by atoms with Gasteiger partial charge in [0.1, 0.15) is 0 Å². The van der Waals surface area contributed by atoms with Crippen molar-refractivity contribution in [3.05, 3.63) is 84.2 Å². The fourth-order valence-electron chi connectivity index (χ4n) is 2.94. The maximum atomic E-state index is 12.4. The molecule has 2 heterocycles. The normalized spacial score (nSPS) is 10.8. The summed E-state index contributed by atoms with van der Waals surface area (Å²) in [6.07, 6.45) is 4.62. The summed E-state index contributed by atoms with van der Waals surface area (Å²) in [4.78, 5) is 29.0. The monoisotopic (exact) mass is 404 g/mol. The Kier molecular flexibility index (Phi) is 5.67. The number of carbonyl (C=O) groups is 2. The molecular formula is C22H20N4O2S. The van der Waals surface area contributed by atoms with Crippen LogP contribution in [-0.2, 0) is 11.2 Å². The van der Waals surface area contributed by atoms with Gasteiger partial charge in [-0.1, -0.05) is 41.7 Å². The summed E-state index contributed by atoms with van der Waals surface area (Å²) in [7, 11) is 0. The van der Waals surface area contributed by atoms with E-state index in [0.29, 0.717) is 12.1 Å². The van der Waals surface area contributed by atoms with E-state index in [4.69, 9.17) is 0 Å². The first-order chi connectivity index (χ1) is 14.2. The zero-order chi connectivity index (χ0) is 20.1. The molecule has 146 valence electrons. The van der Waals surface area contributed by atoms with Crippen molar-refractivity contribution < 1.29 is 9.59 Å². The Hall–Kier alpha value is -3.45. The van der Waals surface area contributed by atoms with Crippen LogP contribution in [0.2, 0.25) is 0 Å². The van der Waals surface area contributed by atoms with Crippen molar-refractivity contribution in [1.29, 1.82) is 0 Å². The summed E-state index contributed by atoms with van der Waals surface area (Å²) in [6.45, 7) is 0.483. The molecule has 0 unspecified atom stereocenters. The lowest BCUT2D eigenvalue weighted by Gasteiger charge is -2.07. The average Bonchev–Trinajstić information content (AvgIpc) is 3.41. The Morgan fingerprint density at radius 2 is 1.76 bits per heavy atom. The molecule has 29 heavy (non-hydrogen) atoms. The first-order valence-electron chi connectivity index (χ1n) is 9.32. The molecule has 0 radical (unpaired) electrons. The molecule has 0 aliphatic heterocycles. The van der Waals surface area contributed by atoms with E-state index in [-0.39, 0.29) is 18.4 Å². The van der Waals surface area contributed by atoms with E-state index in [1.54, 1.807) is 6.07 Å². The highest BCUT2D eigenvalue weighted by Gasteiger charge is 2.11. The minimum atomic E-state index is -0.277. The number of carbonyl (C=O) groups excluding carboxylic acids is 2. The highest BCUT2D eigenvalue weighted by molar-refractivity contribution is 7.20. The Morgan fingerprint density at radius 3 is 2.55 bits per heavy atom. The predicted octanol–water partition coefficient (Wildman–Crippen LogP) is 3.18. The minimum absolute atomic E-state index is 0.0526. The lowest BCUT2D eigenvalue weighted by molar-refractivity contribution is -0.120. The fourth-order valence-corrected chi connectivity index (χ4v) is 3.91. The molecule has 6 nitrogen and oxygen atoms in total. The van der Waals surface area contributed by atoms with Gasteiger partial charge >= 0.3 is 0 Å². The molecule has 2 N–H and O–H groups in total. The maximum absolute atomic E-state index is 12.4. The van der Waals surface area contributed by atoms with E-state index >= 15 is 0 Å². The van der Waals surface area contributed by atoms with Gasteiger partial charge in [-0.05, 0) is 42.3 Å². The van der Waals surface area contributed by atoms with Crippen LogP contribution in [-0.4, -0.2) is 34.5 Å². The van der Waals surface area contributed by atoms with Crippen molar-refractivity contribution >= 4 is 33.4 Å². The molecule has 4 aromatic rings. The van der Waals surface area contributed by atoms with E-state index in [9.17, 15) is 9.59 Å². The molecule has 7 heteroatoms. The van der Waals surface area contributed by atoms with Gasteiger partial charge in [-0.3, -0.25) is 9.59 Å². The molecule has 0 atom stereocenters. The number of hydrogen-bond acceptors (Lipinski definition) is 4. The van der Waals surface area contributed by atoms with Gasteiger partial charge in [-0.25, -0.2) is 4.98 Å². The summed E-state index contributed by atoms with van der Waals surface area (Å²) >= 11 is 1.51. The van der Waals surface area contributed by atoms with Gasteiger partial charge in [0.2, 0.25) is 5.91 Å². The third-order valence-electron chi connectivity index (χ3n) is 4.45. The molecule has 0 bridgehead atoms. The van der Waals surface area contributed by atoms with E-state index in [0.717, 1.165) is 27.3 Å². The van der Waals surface area contributed by atoms with Crippen LogP contribution in [0.1, 0.15) is 15.9 Å². The summed E-state index contributed by atoms with van der Waals surface area (Å²) in [5, 5.41) is 6.34. The highest BCUT2D eigenvalue weighted by atomic mass is 32.1. The first-order valence-corrected chi connectivity index (χ1v) is 10.1. The molecular weight excluding hydrogens is 384 g/mol. The molecule has 0 fully saturated rings. The molecule has 4 rings (SSSR count). The van der Waals surface area contributed by atoms with Crippen molar-refractivity contribution in [2.75, 3.05) is 13.1 Å². The van der Waals surface area contributed by atoms with Gasteiger partial charge in [-0.15, -0.1) is 0 Å². The van der Waals surface area contributed by atoms with Crippen LogP contribution in [0, 0.1) is 0 Å². The van der Waals surface area contributed by atoms with E-state index in [1.807, 2.05) is 71.6 Å². The molecule has 2 amide bonds. The van der Waals surface area contributed by atoms with Crippen molar-refractivity contribution in [3.63, 3.8) is 0 Å². The van der Waals surface area contributed by atoms with Gasteiger partial charge in [-0.2, -0.15) is 0 Å². The average molecular weight is 404 g/mol. The van der Waals surface area contributed by atoms with Crippen molar-refractivity contribution in [2.24, 2.45) is 0 Å². The van der Waals surface area contributed by atoms with E-state index in [1.165, 1.54) is 11.3 Å². The maximum Gasteiger partial charge on any atom is 0.251 e. The third kappa shape index (κ3) is 4.70. The van der Waals surface area contributed by atoms with Crippen molar-refractivity contribution in [2.45, 2.75) is 6.42 Å². The second-order valence-corrected chi connectivity index (χ2v) is 7.55. The van der Waals surface area contributed by atoms with Crippen LogP contribution in [0.15, 0.2) is 73.1 Å². The summed E-state index contributed by atoms with van der Waals surface area (Å²) < 4.78 is 2.86. The van der Waals surface area contributed by atoms with Crippen LogP contribution < -0.4 is 10.6 Å². The quantitative estimate of drug-likeness (QED) is 0.497. The van der Waals surface area contributed by atoms with Gasteiger partial charge in [0.25, 0.3) is 5.91 Å². The Bertz CT molecular complexity index is 1120. The van der Waals surface area contributed by atoms with Crippen molar-refractivity contribution in [3.8, 4) is 5.13 Å². The minimum Gasteiger partial charge on any atom is -0.354 e. The van der Waals surface area contributed by atoms with Gasteiger partial charge in [0.15, 0.2) is 5.13 Å². The summed E-state index contributed by atoms with van der Waals surface area (Å²) in [5.74, 6) is -0.482. The SMILES string of the molecule is O=C(CNC(=O)c1ccc2nc(-n3cccc3)sc2c1)NCCc1ccccc1. The Morgan fingerprint density at radius 1 is 0.966 bits per heavy atom. The van der Waals surface area contributed by atoms with Crippen molar-refractivity contribution in [1.82, 2.24) is 20.2 Å². The largest absolute Gasteiger partial charge is 0.354 e. The third-order valence-corrected chi connectivity index (χ3v) is 5.48. The number of amides is 2. The van der Waals surface area contributed by atoms with Gasteiger partial charge in [0, 0.05) is 24.5 Å². The fraction of sp³-hybridized carbons (Fsp3) is 0.136. The molecule has 0 saturated carbocycles. The number of benzene rings is 2. The number of aromatic nitrogens is 2. The van der Waals surface area contributed by atoms with Crippen LogP contribution >= 0.6 is 11.3 Å². The number of thiazole rings is 1. The second-order valence-electron chi connectivity index (χ2n) is 6.54. The van der Waals surface area contributed by atoms with Crippen LogP contribution in [0.5, 0.6) is 0 Å². The van der Waals surface area contributed by atoms with Crippen LogP contribution in [0.3, 0.4) is 0 Å². The Labute approximate surface area is 172 Å². The predicted molar refractivity (Wildman–Crippen MR) is 114 cm³/mol. The van der Waals surface area contributed by atoms with Crippen LogP contribution in [0.25, 0.3) is 15.3 Å². The lowest BCUT2D eigenvalue weighted by atomic mass is 10.1. The number of fused-ring (bicyclic) bond motifs is 1. The summed E-state index contributed by atoms with van der Waals surface area (Å²) in [6, 6.07) is 19.2. The zero-order valence-corrected chi connectivity index (χ0v) is 16.5. The Balaban J connectivity index is 1.31. The van der Waals surface area contributed by atoms with Gasteiger partial charge in [0.05, 0.1) is 16.8 Å². The number of nitrogens with zero attached hydrogens (tertiary/aromatic N) is 2. The standard InChI is InChI=1S/C22H20N4O2S/c27-20(23-11-10-16-6-2-1-3-7-16)15-24-21(28)17-8-9-18-19(14-17)29-22(25-18)26-12-4-5-13-26/h1-9,12-14H,10-11,15H2,(H,23,27)(H,24,28).